The third-order valence-electron chi connectivity index (χ3n) is 25.7. The number of ether oxygens (including phenoxy) is 11. The Balaban J connectivity index is 0.724. The van der Waals surface area contributed by atoms with Gasteiger partial charge in [-0.3, -0.25) is 52.9 Å². The van der Waals surface area contributed by atoms with Crippen LogP contribution in [0.3, 0.4) is 0 Å². The molecular weight excluding hydrogens is 1990 g/mol. The summed E-state index contributed by atoms with van der Waals surface area (Å²) >= 11 is 4.25. The molecule has 0 saturated carbocycles. The summed E-state index contributed by atoms with van der Waals surface area (Å²) in [6.45, 7) is 16.6. The van der Waals surface area contributed by atoms with Crippen molar-refractivity contribution in [2.45, 2.75) is 310 Å². The average molecular weight is 2120 g/mol. The summed E-state index contributed by atoms with van der Waals surface area (Å²) in [7, 11) is 6.79. The highest BCUT2D eigenvalue weighted by Gasteiger charge is 2.53. The molecule has 139 heavy (non-hydrogen) atoms. The van der Waals surface area contributed by atoms with E-state index >= 15 is 0 Å². The number of fused-ring (bicyclic) bond motifs is 2. The molecule has 39 heteroatoms. The average Bonchev–Trinajstić information content (AvgIpc) is 0.758. The summed E-state index contributed by atoms with van der Waals surface area (Å²) in [5, 5.41) is 66.1. The van der Waals surface area contributed by atoms with E-state index < -0.39 is 156 Å². The number of methoxy groups -OCH3 is 3. The number of halogens is 1. The summed E-state index contributed by atoms with van der Waals surface area (Å²) in [4.78, 5) is 156. The number of alkyl carbamates (subject to hydrolysis) is 1. The number of nitrogens with zero attached hydrogens (tertiary/aromatic N) is 1. The molecule has 10 rings (SSSR count). The van der Waals surface area contributed by atoms with Crippen LogP contribution in [0.1, 0.15) is 197 Å². The number of ketones is 4. The van der Waals surface area contributed by atoms with Gasteiger partial charge in [-0.25, -0.2) is 4.79 Å². The molecule has 5 heterocycles. The maximum absolute atomic E-state index is 14.6. The lowest BCUT2D eigenvalue weighted by atomic mass is 9.72. The van der Waals surface area contributed by atoms with Crippen molar-refractivity contribution >= 4 is 137 Å². The second-order valence-corrected chi connectivity index (χ2v) is 43.0. The number of rotatable bonds is 49. The first kappa shape index (κ1) is 113. The number of carbonyl (C=O) groups excluding carboxylic acids is 11. The van der Waals surface area contributed by atoms with Gasteiger partial charge < -0.3 is 104 Å². The molecule has 7 aliphatic rings. The van der Waals surface area contributed by atoms with Gasteiger partial charge in [0.2, 0.25) is 35.0 Å². The molecular formula is C100H133IN6O28S4. The number of carbonyl (C=O) groups is 11. The Morgan fingerprint density at radius 3 is 2.22 bits per heavy atom. The SMILES string of the molecule is COC(=O)CC1=C2/C(=C/CSSC(C)(C)CCC(=O)CCCNC(=O)OCc3ccc(NC(=O)[C@H](CCCCN)CC(=O)[C@H](Cc4ccccc4)NC(=O)CCCCCN4C(=O)CC(SC)C4=O)cc3)[C@](O)(C#C/C=C\C#C[C@@H]2OC2OC(C)C(NOC3CC(O)C(SC(=O)c4c(C)c(I)c(OC5OC(C)C(O)C(OC)C5O)c(C)c4OC)C(C)O3)C(O)C2OC2CC(C)C(CC(C)=O)CO2)CC1=O. The normalized spacial score (nSPS) is 27.9. The van der Waals surface area contributed by atoms with Crippen LogP contribution in [0, 0.1) is 58.9 Å². The van der Waals surface area contributed by atoms with Gasteiger partial charge in [0.25, 0.3) is 0 Å². The zero-order chi connectivity index (χ0) is 101. The van der Waals surface area contributed by atoms with Crippen molar-refractivity contribution in [1.82, 2.24) is 21.0 Å². The number of Topliss-reactive ketones (excluding diaryl/α,β-unsaturated/α-hetero) is 4. The first-order chi connectivity index (χ1) is 66.3. The van der Waals surface area contributed by atoms with E-state index in [0.717, 1.165) is 17.3 Å². The molecule has 34 nitrogen and oxygen atoms in total. The van der Waals surface area contributed by atoms with Gasteiger partial charge in [0.15, 0.2) is 36.0 Å². The number of aliphatic hydroxyl groups excluding tert-OH is 4. The minimum atomic E-state index is -2.18. The molecule has 3 aromatic carbocycles. The summed E-state index contributed by atoms with van der Waals surface area (Å²) < 4.78 is 67.0. The topological polar surface area (TPSA) is 477 Å². The predicted octanol–water partition coefficient (Wildman–Crippen LogP) is 9.96. The maximum Gasteiger partial charge on any atom is 0.407 e. The Kier molecular flexibility index (Phi) is 44.2. The predicted molar refractivity (Wildman–Crippen MR) is 531 cm³/mol. The molecule has 11 N–H and O–H groups in total. The fourth-order valence-electron chi connectivity index (χ4n) is 17.6. The molecule has 5 fully saturated rings. The van der Waals surface area contributed by atoms with Crippen LogP contribution < -0.4 is 36.6 Å². The van der Waals surface area contributed by atoms with Crippen LogP contribution in [-0.2, 0) is 104 Å². The van der Waals surface area contributed by atoms with Crippen molar-refractivity contribution in [2.24, 2.45) is 23.5 Å². The second kappa shape index (κ2) is 54.3. The quantitative estimate of drug-likeness (QED) is 0.00478. The van der Waals surface area contributed by atoms with Crippen LogP contribution in [-0.4, -0.2) is 273 Å². The standard InChI is InChI=1S/C100H133IN6O28S4/c1-55-45-79(127-54-65(55)46-56(2)108)133-91-86(117)84(106-135-80-50-72(111)92(61(7)129-80)138-95(121)81-57(3)83(101)89(58(4)88(81)125-11)134-96-87(118)90(126-12)85(116)60(6)131-96)59(5)130-97(91)132-74-31-20-14-15-23-39-100(123)52-73(112)68(49-78(115)124-10)82(74)69(100)38-44-137-139-99(8,9)40-37-67(109)30-26-42-103-98(122)128-53-63-33-35-66(36-34-63)104-93(119)64(29-22-24-41-102)48-71(110)70(47-62-27-18-16-19-28-62)105-76(113)32-21-17-25-43-107-77(114)51-75(136-13)94(107)120/h14-16,18-19,27-28,33-36,38,55,59-61,64-65,70,72,74-75,79-80,84-87,90-92,96-97,106,111,116-118,123H,17,21-22,24-26,29-30,32,37,40-54,102H2,1-13H3,(H,103,122)(H,104,119)(H,105,113)/b15-14-,69-38-/t55?,59?,60?,61?,64-,65?,70+,72?,74+,75?,79?,80?,84?,85?,86?,87?,90?,91?,92?,96?,97?,100+/m1/s1. The number of hydrogen-bond acceptors (Lipinski definition) is 34. The summed E-state index contributed by atoms with van der Waals surface area (Å²) in [5.74, 6) is 8.42. The van der Waals surface area contributed by atoms with E-state index in [1.807, 2.05) is 73.7 Å². The number of likely N-dealkylation sites (tertiary alicyclic amines) is 1. The van der Waals surface area contributed by atoms with E-state index in [2.05, 4.69) is 45.1 Å². The molecule has 18 unspecified atom stereocenters. The summed E-state index contributed by atoms with van der Waals surface area (Å²) in [5.41, 5.74) is 9.57. The Morgan fingerprint density at radius 1 is 0.799 bits per heavy atom. The fraction of sp³-hybridized carbons (Fsp3) is 0.610. The lowest BCUT2D eigenvalue weighted by molar-refractivity contribution is -0.335. The van der Waals surface area contributed by atoms with Crippen molar-refractivity contribution in [3.63, 3.8) is 0 Å². The van der Waals surface area contributed by atoms with E-state index in [4.69, 9.17) is 62.7 Å². The molecule has 0 aromatic heterocycles. The summed E-state index contributed by atoms with van der Waals surface area (Å²) in [6, 6.07) is 13.9. The number of amides is 5. The molecule has 5 aliphatic heterocycles. The third-order valence-corrected chi connectivity index (χ3v) is 32.5. The highest BCUT2D eigenvalue weighted by atomic mass is 127. The first-order valence-corrected chi connectivity index (χ1v) is 52.7. The van der Waals surface area contributed by atoms with Crippen molar-refractivity contribution < 1.29 is 135 Å². The largest absolute Gasteiger partial charge is 0.496 e. The molecule has 2 aliphatic carbocycles. The van der Waals surface area contributed by atoms with E-state index in [1.54, 1.807) is 71.2 Å². The number of aliphatic hydroxyl groups is 5. The molecule has 5 amide bonds. The number of benzene rings is 3. The van der Waals surface area contributed by atoms with Gasteiger partial charge >= 0.3 is 12.1 Å². The number of unbranched alkanes of at least 4 members (excludes halogenated alkanes) is 3. The molecule has 2 bridgehead atoms. The van der Waals surface area contributed by atoms with Gasteiger partial charge in [0.1, 0.15) is 66.3 Å². The lowest BCUT2D eigenvalue weighted by Crippen LogP contribution is -2.64. The monoisotopic (exact) mass is 2120 g/mol. The summed E-state index contributed by atoms with van der Waals surface area (Å²) in [6.07, 6.45) is -7.39. The number of imide groups is 1. The number of anilines is 1. The zero-order valence-corrected chi connectivity index (χ0v) is 86.3. The minimum Gasteiger partial charge on any atom is -0.496 e. The fourth-order valence-corrected chi connectivity index (χ4v) is 22.6. The first-order valence-electron chi connectivity index (χ1n) is 47.1. The number of thioether (sulfide) groups is 2. The molecule has 762 valence electrons. The Labute approximate surface area is 842 Å². The van der Waals surface area contributed by atoms with Gasteiger partial charge in [0.05, 0.1) is 89.8 Å². The van der Waals surface area contributed by atoms with Crippen molar-refractivity contribution in [2.75, 3.05) is 64.9 Å². The van der Waals surface area contributed by atoms with Crippen LogP contribution in [0.2, 0.25) is 0 Å². The van der Waals surface area contributed by atoms with Crippen LogP contribution in [0.4, 0.5) is 10.5 Å². The molecule has 5 saturated heterocycles. The lowest BCUT2D eigenvalue weighted by Gasteiger charge is -2.46. The van der Waals surface area contributed by atoms with Gasteiger partial charge in [-0.15, -0.1) is 0 Å². The van der Waals surface area contributed by atoms with E-state index in [0.29, 0.717) is 90.4 Å². The van der Waals surface area contributed by atoms with Crippen LogP contribution in [0.5, 0.6) is 11.5 Å². The van der Waals surface area contributed by atoms with Crippen LogP contribution in [0.15, 0.2) is 89.5 Å². The highest BCUT2D eigenvalue weighted by Crippen LogP contribution is 2.47. The van der Waals surface area contributed by atoms with Gasteiger partial charge in [-0.2, -0.15) is 17.2 Å². The molecule has 0 spiro atoms. The Hall–Kier alpha value is -7.70. The maximum atomic E-state index is 14.6. The van der Waals surface area contributed by atoms with E-state index in [9.17, 15) is 78.3 Å². The third kappa shape index (κ3) is 31.7. The van der Waals surface area contributed by atoms with Crippen LogP contribution >= 0.6 is 67.7 Å². The van der Waals surface area contributed by atoms with Gasteiger partial charge in [-0.05, 0) is 189 Å². The number of esters is 1. The van der Waals surface area contributed by atoms with E-state index in [-0.39, 0.29) is 175 Å². The molecule has 3 aromatic rings. The van der Waals surface area contributed by atoms with Crippen molar-refractivity contribution in [1.29, 1.82) is 0 Å². The van der Waals surface area contributed by atoms with Crippen molar-refractivity contribution in [3.8, 4) is 35.2 Å². The Morgan fingerprint density at radius 2 is 1.53 bits per heavy atom. The molecule has 0 radical (unpaired) electrons. The number of nitrogens with two attached hydrogens (primary N) is 1. The number of hydroxylamine groups is 1. The van der Waals surface area contributed by atoms with Crippen LogP contribution in [0.25, 0.3) is 0 Å². The van der Waals surface area contributed by atoms with Crippen molar-refractivity contribution in [3.05, 3.63) is 121 Å². The van der Waals surface area contributed by atoms with Gasteiger partial charge in [-0.1, -0.05) is 125 Å². The molecule has 22 atom stereocenters. The van der Waals surface area contributed by atoms with Gasteiger partial charge in [0, 0.05) is 116 Å². The highest BCUT2D eigenvalue weighted by molar-refractivity contribution is 14.1. The van der Waals surface area contributed by atoms with E-state index in [1.165, 1.54) is 78.7 Å². The smallest absolute Gasteiger partial charge is 0.407 e. The number of hydrogen-bond donors (Lipinski definition) is 10. The number of allylic oxidation sites excluding steroid dienone is 2. The minimum absolute atomic E-state index is 0.00504. The second-order valence-electron chi connectivity index (χ2n) is 36.6. The zero-order valence-electron chi connectivity index (χ0n) is 80.9. The Bertz CT molecular complexity index is 5010. The number of nitrogens with one attached hydrogen (secondary N) is 4.